The Hall–Kier alpha value is -3.54. The largest absolute Gasteiger partial charge is 0.488 e. The molecule has 286 valence electrons. The molecule has 0 aliphatic carbocycles. The third kappa shape index (κ3) is 20.9. The second-order valence-electron chi connectivity index (χ2n) is 15.7. The second-order valence-corrected chi connectivity index (χ2v) is 15.7. The third-order valence-corrected chi connectivity index (χ3v) is 7.08. The van der Waals surface area contributed by atoms with Gasteiger partial charge < -0.3 is 40.0 Å². The van der Waals surface area contributed by atoms with Crippen LogP contribution in [0.1, 0.15) is 113 Å². The average Bonchev–Trinajstić information content (AvgIpc) is 2.97. The van der Waals surface area contributed by atoms with Gasteiger partial charge in [-0.05, 0) is 126 Å². The van der Waals surface area contributed by atoms with Gasteiger partial charge in [0.1, 0.15) is 28.6 Å². The van der Waals surface area contributed by atoms with Crippen LogP contribution in [-0.2, 0) is 25.5 Å². The van der Waals surface area contributed by atoms with Gasteiger partial charge in [-0.3, -0.25) is 9.59 Å². The van der Waals surface area contributed by atoms with E-state index in [9.17, 15) is 19.2 Å². The van der Waals surface area contributed by atoms with Gasteiger partial charge in [-0.2, -0.15) is 0 Å². The quantitative estimate of drug-likeness (QED) is 0.139. The minimum absolute atomic E-state index is 0.182. The van der Waals surface area contributed by atoms with Crippen LogP contribution in [0, 0.1) is 0 Å². The van der Waals surface area contributed by atoms with Crippen LogP contribution < -0.4 is 20.7 Å². The summed E-state index contributed by atoms with van der Waals surface area (Å²) < 4.78 is 17.2. The Morgan fingerprint density at radius 3 is 1.70 bits per heavy atom. The molecule has 0 aliphatic heterocycles. The van der Waals surface area contributed by atoms with Crippen molar-refractivity contribution < 1.29 is 33.4 Å². The van der Waals surface area contributed by atoms with E-state index in [1.165, 1.54) is 0 Å². The van der Waals surface area contributed by atoms with E-state index in [2.05, 4.69) is 16.0 Å². The predicted octanol–water partition coefficient (Wildman–Crippen LogP) is 6.06. The minimum atomic E-state index is -0.752. The van der Waals surface area contributed by atoms with Crippen molar-refractivity contribution in [1.29, 1.82) is 0 Å². The molecule has 1 rings (SSSR count). The molecule has 0 bridgehead atoms. The summed E-state index contributed by atoms with van der Waals surface area (Å²) in [5, 5.41) is 8.96. The monoisotopic (exact) mass is 706 g/mol. The second kappa shape index (κ2) is 21.6. The zero-order valence-corrected chi connectivity index (χ0v) is 32.8. The highest BCUT2D eigenvalue weighted by molar-refractivity contribution is 5.87. The summed E-state index contributed by atoms with van der Waals surface area (Å²) in [6.45, 7) is 21.7. The molecular weight excluding hydrogens is 638 g/mol. The van der Waals surface area contributed by atoms with Crippen molar-refractivity contribution in [3.63, 3.8) is 0 Å². The van der Waals surface area contributed by atoms with Crippen LogP contribution >= 0.6 is 0 Å². The van der Waals surface area contributed by atoms with Gasteiger partial charge in [-0.15, -0.1) is 0 Å². The summed E-state index contributed by atoms with van der Waals surface area (Å²) in [5.41, 5.74) is -0.734. The fourth-order valence-corrected chi connectivity index (χ4v) is 4.89. The van der Waals surface area contributed by atoms with Crippen LogP contribution in [0.25, 0.3) is 0 Å². The van der Waals surface area contributed by atoms with Gasteiger partial charge in [0.25, 0.3) is 0 Å². The number of benzene rings is 1. The molecular formula is C38H67N5O7. The Balaban J connectivity index is 2.90. The highest BCUT2D eigenvalue weighted by Gasteiger charge is 2.25. The molecule has 0 aromatic heterocycles. The molecule has 50 heavy (non-hydrogen) atoms. The molecule has 12 heteroatoms. The van der Waals surface area contributed by atoms with Gasteiger partial charge in [0.2, 0.25) is 11.8 Å². The number of nitrogens with one attached hydrogen (secondary N) is 3. The highest BCUT2D eigenvalue weighted by atomic mass is 16.6. The third-order valence-electron chi connectivity index (χ3n) is 7.08. The lowest BCUT2D eigenvalue weighted by molar-refractivity contribution is -0.129. The van der Waals surface area contributed by atoms with Gasteiger partial charge in [-0.1, -0.05) is 19.1 Å². The zero-order valence-electron chi connectivity index (χ0n) is 32.8. The highest BCUT2D eigenvalue weighted by Crippen LogP contribution is 2.19. The van der Waals surface area contributed by atoms with E-state index in [4.69, 9.17) is 14.2 Å². The summed E-state index contributed by atoms with van der Waals surface area (Å²) >= 11 is 0. The summed E-state index contributed by atoms with van der Waals surface area (Å²) in [7, 11) is 1.90. The normalized spacial score (nSPS) is 12.5. The van der Waals surface area contributed by atoms with Crippen molar-refractivity contribution >= 4 is 24.0 Å². The van der Waals surface area contributed by atoms with E-state index in [0.29, 0.717) is 64.8 Å². The number of hydrogen-bond acceptors (Lipinski definition) is 8. The standard InChI is InChI=1S/C38H67N5O7/c1-12-17-32(44)41-31(28-29-18-20-30(21-19-29)48-36(2,3)4)33(45)40-23-15-25-43(35(47)50-38(8,9)10)27-16-26-42(24-14-13-22-39-11)34(46)49-37(5,6)7/h18-21,31,39H,12-17,22-28H2,1-11H3,(H,40,45)(H,41,44)/t31-/m0/s1. The van der Waals surface area contributed by atoms with Crippen molar-refractivity contribution in [2.45, 2.75) is 137 Å². The molecule has 0 heterocycles. The van der Waals surface area contributed by atoms with Gasteiger partial charge in [0, 0.05) is 45.6 Å². The number of carbonyl (C=O) groups excluding carboxylic acids is 4. The molecule has 0 saturated heterocycles. The Kier molecular flexibility index (Phi) is 19.2. The number of carbonyl (C=O) groups is 4. The van der Waals surface area contributed by atoms with Crippen LogP contribution in [0.15, 0.2) is 24.3 Å². The number of amides is 4. The van der Waals surface area contributed by atoms with E-state index >= 15 is 0 Å². The van der Waals surface area contributed by atoms with Crippen LogP contribution in [0.4, 0.5) is 9.59 Å². The molecule has 1 aromatic carbocycles. The van der Waals surface area contributed by atoms with Crippen LogP contribution in [0.2, 0.25) is 0 Å². The van der Waals surface area contributed by atoms with Crippen molar-refractivity contribution in [1.82, 2.24) is 25.8 Å². The maximum Gasteiger partial charge on any atom is 0.410 e. The van der Waals surface area contributed by atoms with E-state index in [1.54, 1.807) is 9.80 Å². The summed E-state index contributed by atoms with van der Waals surface area (Å²) in [5.74, 6) is 0.257. The van der Waals surface area contributed by atoms with Crippen molar-refractivity contribution in [3.8, 4) is 5.75 Å². The SMILES string of the molecule is CCCC(=O)N[C@@H](Cc1ccc(OC(C)(C)C)cc1)C(=O)NCCCN(CCCN(CCCCNC)C(=O)OC(C)(C)C)C(=O)OC(C)(C)C. The van der Waals surface area contributed by atoms with E-state index in [1.807, 2.05) is 101 Å². The van der Waals surface area contributed by atoms with Crippen molar-refractivity contribution in [2.24, 2.45) is 0 Å². The lowest BCUT2D eigenvalue weighted by atomic mass is 10.0. The Labute approximate surface area is 301 Å². The molecule has 3 N–H and O–H groups in total. The fraction of sp³-hybridized carbons (Fsp3) is 0.737. The molecule has 0 radical (unpaired) electrons. The lowest BCUT2D eigenvalue weighted by Gasteiger charge is -2.30. The maximum atomic E-state index is 13.3. The molecule has 1 atom stereocenters. The van der Waals surface area contributed by atoms with Crippen LogP contribution in [-0.4, -0.2) is 103 Å². The van der Waals surface area contributed by atoms with Gasteiger partial charge in [-0.25, -0.2) is 9.59 Å². The molecule has 0 saturated carbocycles. The maximum absolute atomic E-state index is 13.3. The van der Waals surface area contributed by atoms with Crippen molar-refractivity contribution in [2.75, 3.05) is 46.3 Å². The predicted molar refractivity (Wildman–Crippen MR) is 198 cm³/mol. The summed E-state index contributed by atoms with van der Waals surface area (Å²) in [6, 6.07) is 6.78. The van der Waals surface area contributed by atoms with E-state index in [-0.39, 0.29) is 23.5 Å². The number of unbranched alkanes of at least 4 members (excludes halogenated alkanes) is 1. The van der Waals surface area contributed by atoms with Gasteiger partial charge in [0.05, 0.1) is 0 Å². The summed E-state index contributed by atoms with van der Waals surface area (Å²) in [4.78, 5) is 55.3. The minimum Gasteiger partial charge on any atom is -0.488 e. The van der Waals surface area contributed by atoms with E-state index in [0.717, 1.165) is 30.7 Å². The number of hydrogen-bond donors (Lipinski definition) is 3. The number of rotatable bonds is 20. The Bertz CT molecular complexity index is 1170. The summed E-state index contributed by atoms with van der Waals surface area (Å²) in [6.07, 6.45) is 3.25. The molecule has 0 aliphatic rings. The number of nitrogens with zero attached hydrogens (tertiary/aromatic N) is 2. The van der Waals surface area contributed by atoms with Gasteiger partial charge in [0.15, 0.2) is 0 Å². The Morgan fingerprint density at radius 1 is 0.700 bits per heavy atom. The first-order chi connectivity index (χ1) is 23.2. The fourth-order valence-electron chi connectivity index (χ4n) is 4.89. The number of ether oxygens (including phenoxy) is 3. The first-order valence-corrected chi connectivity index (χ1v) is 18.2. The van der Waals surface area contributed by atoms with Crippen LogP contribution in [0.3, 0.4) is 0 Å². The molecule has 0 unspecified atom stereocenters. The first kappa shape index (κ1) is 44.5. The molecule has 12 nitrogen and oxygen atoms in total. The smallest absolute Gasteiger partial charge is 0.410 e. The first-order valence-electron chi connectivity index (χ1n) is 18.2. The topological polar surface area (TPSA) is 139 Å². The molecule has 1 aromatic rings. The zero-order chi connectivity index (χ0) is 38.0. The molecule has 0 fully saturated rings. The Morgan fingerprint density at radius 2 is 1.22 bits per heavy atom. The average molecular weight is 706 g/mol. The van der Waals surface area contributed by atoms with Crippen LogP contribution in [0.5, 0.6) is 5.75 Å². The van der Waals surface area contributed by atoms with E-state index < -0.39 is 23.3 Å². The van der Waals surface area contributed by atoms with Crippen molar-refractivity contribution in [3.05, 3.63) is 29.8 Å². The van der Waals surface area contributed by atoms with Gasteiger partial charge >= 0.3 is 12.2 Å². The molecule has 4 amide bonds. The molecule has 0 spiro atoms. The lowest BCUT2D eigenvalue weighted by Crippen LogP contribution is -2.48.